The lowest BCUT2D eigenvalue weighted by Gasteiger charge is -2.21. The number of hydrogen-bond donors (Lipinski definition) is 2. The minimum atomic E-state index is 0.370. The van der Waals surface area contributed by atoms with Crippen LogP contribution in [0.4, 0.5) is 0 Å². The summed E-state index contributed by atoms with van der Waals surface area (Å²) in [5, 5.41) is 3.53. The quantitative estimate of drug-likeness (QED) is 0.901. The van der Waals surface area contributed by atoms with Crippen LogP contribution < -0.4 is 10.1 Å². The van der Waals surface area contributed by atoms with Gasteiger partial charge in [0.1, 0.15) is 11.6 Å². The normalized spacial score (nSPS) is 19.0. The van der Waals surface area contributed by atoms with E-state index in [0.29, 0.717) is 6.04 Å². The van der Waals surface area contributed by atoms with Crippen LogP contribution in [0.5, 0.6) is 5.75 Å². The van der Waals surface area contributed by atoms with E-state index in [-0.39, 0.29) is 0 Å². The summed E-state index contributed by atoms with van der Waals surface area (Å²) in [5.74, 6) is 1.93. The van der Waals surface area contributed by atoms with Crippen LogP contribution in [0, 0.1) is 6.92 Å². The summed E-state index contributed by atoms with van der Waals surface area (Å²) >= 11 is 0. The first kappa shape index (κ1) is 13.2. The molecule has 1 aliphatic rings. The van der Waals surface area contributed by atoms with Crippen molar-refractivity contribution in [1.29, 1.82) is 0 Å². The molecule has 2 N–H and O–H groups in total. The molecular formula is C16H21N3O. The lowest BCUT2D eigenvalue weighted by molar-refractivity contribution is 0.399. The lowest BCUT2D eigenvalue weighted by Crippen LogP contribution is -2.27. The van der Waals surface area contributed by atoms with E-state index in [1.807, 2.05) is 12.1 Å². The molecule has 4 nitrogen and oxygen atoms in total. The summed E-state index contributed by atoms with van der Waals surface area (Å²) in [4.78, 5) is 8.24. The minimum absolute atomic E-state index is 0.370. The number of H-pyrrole nitrogens is 1. The maximum atomic E-state index is 5.20. The summed E-state index contributed by atoms with van der Waals surface area (Å²) < 4.78 is 5.20. The van der Waals surface area contributed by atoms with Crippen molar-refractivity contribution in [3.63, 3.8) is 0 Å². The zero-order valence-electron chi connectivity index (χ0n) is 12.1. The highest BCUT2D eigenvalue weighted by Crippen LogP contribution is 2.27. The second-order valence-corrected chi connectivity index (χ2v) is 5.33. The Labute approximate surface area is 119 Å². The highest BCUT2D eigenvalue weighted by molar-refractivity contribution is 5.62. The maximum absolute atomic E-state index is 5.20. The number of nitrogens with one attached hydrogen (secondary N) is 2. The van der Waals surface area contributed by atoms with E-state index < -0.39 is 0 Å². The summed E-state index contributed by atoms with van der Waals surface area (Å²) in [6.07, 6.45) is 3.70. The fourth-order valence-corrected chi connectivity index (χ4v) is 2.76. The van der Waals surface area contributed by atoms with E-state index in [2.05, 4.69) is 29.4 Å². The van der Waals surface area contributed by atoms with Gasteiger partial charge in [0.2, 0.25) is 0 Å². The Kier molecular flexibility index (Phi) is 3.74. The number of ether oxygens (including phenoxy) is 1. The van der Waals surface area contributed by atoms with Crippen LogP contribution in [0.1, 0.15) is 36.8 Å². The van der Waals surface area contributed by atoms with Crippen molar-refractivity contribution in [2.24, 2.45) is 0 Å². The molecule has 2 aromatic rings. The van der Waals surface area contributed by atoms with Crippen molar-refractivity contribution in [3.8, 4) is 17.0 Å². The van der Waals surface area contributed by atoms with Gasteiger partial charge >= 0.3 is 0 Å². The predicted molar refractivity (Wildman–Crippen MR) is 79.9 cm³/mol. The van der Waals surface area contributed by atoms with Crippen LogP contribution in [0.25, 0.3) is 11.3 Å². The molecule has 1 fully saturated rings. The van der Waals surface area contributed by atoms with Crippen molar-refractivity contribution in [2.75, 3.05) is 13.7 Å². The van der Waals surface area contributed by atoms with Crippen LogP contribution in [-0.4, -0.2) is 23.6 Å². The van der Waals surface area contributed by atoms with Gasteiger partial charge in [-0.15, -0.1) is 0 Å². The molecular weight excluding hydrogens is 250 g/mol. The Hall–Kier alpha value is -1.81. The fourth-order valence-electron chi connectivity index (χ4n) is 2.76. The summed E-state index contributed by atoms with van der Waals surface area (Å²) in [7, 11) is 1.68. The molecule has 0 radical (unpaired) electrons. The molecule has 0 spiro atoms. The third-order valence-corrected chi connectivity index (χ3v) is 3.91. The molecule has 1 aromatic heterocycles. The second-order valence-electron chi connectivity index (χ2n) is 5.33. The molecule has 0 saturated carbocycles. The molecule has 0 aliphatic carbocycles. The fraction of sp³-hybridized carbons (Fsp3) is 0.438. The molecule has 1 saturated heterocycles. The molecule has 1 aromatic carbocycles. The Bertz CT molecular complexity index is 568. The van der Waals surface area contributed by atoms with E-state index in [1.165, 1.54) is 12.8 Å². The molecule has 2 heterocycles. The monoisotopic (exact) mass is 271 g/mol. The van der Waals surface area contributed by atoms with Crippen LogP contribution in [0.3, 0.4) is 0 Å². The van der Waals surface area contributed by atoms with Crippen LogP contribution >= 0.6 is 0 Å². The summed E-state index contributed by atoms with van der Waals surface area (Å²) in [5.41, 5.74) is 3.29. The second kappa shape index (κ2) is 5.67. The smallest absolute Gasteiger partial charge is 0.124 e. The van der Waals surface area contributed by atoms with E-state index in [9.17, 15) is 0 Å². The average Bonchev–Trinajstić information content (AvgIpc) is 2.90. The summed E-state index contributed by atoms with van der Waals surface area (Å²) in [6.45, 7) is 3.17. The number of imidazole rings is 1. The summed E-state index contributed by atoms with van der Waals surface area (Å²) in [6, 6.07) is 8.43. The number of aromatic amines is 1. The van der Waals surface area contributed by atoms with Gasteiger partial charge in [-0.2, -0.15) is 0 Å². The number of methoxy groups -OCH3 is 1. The first-order chi connectivity index (χ1) is 9.78. The van der Waals surface area contributed by atoms with E-state index >= 15 is 0 Å². The van der Waals surface area contributed by atoms with Crippen molar-refractivity contribution in [3.05, 3.63) is 35.8 Å². The molecule has 106 valence electrons. The van der Waals surface area contributed by atoms with Crippen molar-refractivity contribution in [2.45, 2.75) is 32.2 Å². The van der Waals surface area contributed by atoms with Crippen LogP contribution in [0.15, 0.2) is 24.3 Å². The third-order valence-electron chi connectivity index (χ3n) is 3.91. The van der Waals surface area contributed by atoms with Gasteiger partial charge in [0, 0.05) is 11.3 Å². The van der Waals surface area contributed by atoms with Crippen LogP contribution in [0.2, 0.25) is 0 Å². The van der Waals surface area contributed by atoms with Gasteiger partial charge in [0.15, 0.2) is 0 Å². The van der Waals surface area contributed by atoms with Crippen molar-refractivity contribution < 1.29 is 4.74 Å². The molecule has 1 aliphatic heterocycles. The molecule has 0 bridgehead atoms. The third kappa shape index (κ3) is 2.56. The Morgan fingerprint density at radius 2 is 2.00 bits per heavy atom. The SMILES string of the molecule is COc1ccc(-c2nc(C3CCCCN3)[nH]c2C)cc1. The van der Waals surface area contributed by atoms with Gasteiger partial charge in [-0.25, -0.2) is 4.98 Å². The number of hydrogen-bond acceptors (Lipinski definition) is 3. The van der Waals surface area contributed by atoms with Crippen molar-refractivity contribution in [1.82, 2.24) is 15.3 Å². The lowest BCUT2D eigenvalue weighted by atomic mass is 10.0. The molecule has 20 heavy (non-hydrogen) atoms. The van der Waals surface area contributed by atoms with Gasteiger partial charge in [-0.3, -0.25) is 0 Å². The number of rotatable bonds is 3. The Morgan fingerprint density at radius 3 is 2.65 bits per heavy atom. The van der Waals surface area contributed by atoms with Gasteiger partial charge in [0.05, 0.1) is 18.8 Å². The van der Waals surface area contributed by atoms with Gasteiger partial charge in [-0.1, -0.05) is 6.42 Å². The molecule has 3 rings (SSSR count). The first-order valence-corrected chi connectivity index (χ1v) is 7.22. The largest absolute Gasteiger partial charge is 0.497 e. The standard InChI is InChI=1S/C16H21N3O/c1-11-15(12-6-8-13(20-2)9-7-12)19-16(18-11)14-5-3-4-10-17-14/h6-9,14,17H,3-5,10H2,1-2H3,(H,18,19). The zero-order valence-corrected chi connectivity index (χ0v) is 12.1. The number of aryl methyl sites for hydroxylation is 1. The number of piperidine rings is 1. The highest BCUT2D eigenvalue weighted by Gasteiger charge is 2.19. The number of aromatic nitrogens is 2. The molecule has 1 unspecified atom stereocenters. The average molecular weight is 271 g/mol. The zero-order chi connectivity index (χ0) is 13.9. The maximum Gasteiger partial charge on any atom is 0.124 e. The Balaban J connectivity index is 1.87. The van der Waals surface area contributed by atoms with Gasteiger partial charge in [0.25, 0.3) is 0 Å². The highest BCUT2D eigenvalue weighted by atomic mass is 16.5. The molecule has 1 atom stereocenters. The van der Waals surface area contributed by atoms with Gasteiger partial charge in [-0.05, 0) is 50.6 Å². The topological polar surface area (TPSA) is 49.9 Å². The van der Waals surface area contributed by atoms with E-state index in [4.69, 9.17) is 9.72 Å². The number of nitrogens with zero attached hydrogens (tertiary/aromatic N) is 1. The Morgan fingerprint density at radius 1 is 1.20 bits per heavy atom. The van der Waals surface area contributed by atoms with Crippen molar-refractivity contribution >= 4 is 0 Å². The van der Waals surface area contributed by atoms with E-state index in [1.54, 1.807) is 7.11 Å². The minimum Gasteiger partial charge on any atom is -0.497 e. The molecule has 0 amide bonds. The van der Waals surface area contributed by atoms with Crippen LogP contribution in [-0.2, 0) is 0 Å². The van der Waals surface area contributed by atoms with E-state index in [0.717, 1.165) is 41.5 Å². The molecule has 4 heteroatoms. The van der Waals surface area contributed by atoms with Gasteiger partial charge < -0.3 is 15.0 Å². The first-order valence-electron chi connectivity index (χ1n) is 7.22. The predicted octanol–water partition coefficient (Wildman–Crippen LogP) is 3.21. The number of benzene rings is 1.